The van der Waals surface area contributed by atoms with Crippen LogP contribution in [0.25, 0.3) is 0 Å². The zero-order valence-electron chi connectivity index (χ0n) is 13.1. The molecule has 0 heterocycles. The van der Waals surface area contributed by atoms with Gasteiger partial charge >= 0.3 is 0 Å². The first-order valence-corrected chi connectivity index (χ1v) is 6.92. The van der Waals surface area contributed by atoms with Crippen molar-refractivity contribution in [3.63, 3.8) is 0 Å². The van der Waals surface area contributed by atoms with Gasteiger partial charge in [-0.05, 0) is 18.3 Å². The monoisotopic (exact) mass is 271 g/mol. The SMILES string of the molecule is CC(C)CC(NC(=O)C(CN)C(C)C)C(=O)N(C)C. The molecule has 2 unspecified atom stereocenters. The smallest absolute Gasteiger partial charge is 0.244 e. The number of hydrogen-bond acceptors (Lipinski definition) is 3. The van der Waals surface area contributed by atoms with Gasteiger partial charge in [-0.3, -0.25) is 9.59 Å². The van der Waals surface area contributed by atoms with Crippen molar-refractivity contribution in [2.45, 2.75) is 40.2 Å². The summed E-state index contributed by atoms with van der Waals surface area (Å²) in [6, 6.07) is -0.463. The molecule has 0 saturated heterocycles. The molecule has 0 aliphatic carbocycles. The predicted octanol–water partition coefficient (Wildman–Crippen LogP) is 0.836. The highest BCUT2D eigenvalue weighted by Gasteiger charge is 2.27. The fourth-order valence-electron chi connectivity index (χ4n) is 1.97. The van der Waals surface area contributed by atoms with Crippen molar-refractivity contribution < 1.29 is 9.59 Å². The number of carbonyl (C=O) groups is 2. The van der Waals surface area contributed by atoms with Crippen molar-refractivity contribution in [1.82, 2.24) is 10.2 Å². The maximum absolute atomic E-state index is 12.2. The number of rotatable bonds is 7. The second kappa shape index (κ2) is 8.15. The van der Waals surface area contributed by atoms with Crippen molar-refractivity contribution in [3.8, 4) is 0 Å². The third-order valence-corrected chi connectivity index (χ3v) is 3.16. The van der Waals surface area contributed by atoms with Crippen LogP contribution < -0.4 is 11.1 Å². The fraction of sp³-hybridized carbons (Fsp3) is 0.857. The Hall–Kier alpha value is -1.10. The average molecular weight is 271 g/mol. The lowest BCUT2D eigenvalue weighted by atomic mass is 9.94. The van der Waals surface area contributed by atoms with E-state index in [0.717, 1.165) is 0 Å². The molecule has 0 fully saturated rings. The van der Waals surface area contributed by atoms with Gasteiger partial charge in [0, 0.05) is 20.6 Å². The normalized spacial score (nSPS) is 14.4. The van der Waals surface area contributed by atoms with Crippen LogP contribution in [0, 0.1) is 17.8 Å². The van der Waals surface area contributed by atoms with Gasteiger partial charge in [0.15, 0.2) is 0 Å². The highest BCUT2D eigenvalue weighted by molar-refractivity contribution is 5.88. The minimum absolute atomic E-state index is 0.0680. The van der Waals surface area contributed by atoms with Crippen molar-refractivity contribution in [1.29, 1.82) is 0 Å². The van der Waals surface area contributed by atoms with Crippen LogP contribution in [0.1, 0.15) is 34.1 Å². The van der Waals surface area contributed by atoms with Crippen LogP contribution in [0.5, 0.6) is 0 Å². The number of carbonyl (C=O) groups excluding carboxylic acids is 2. The molecular formula is C14H29N3O2. The first-order chi connectivity index (χ1) is 8.70. The van der Waals surface area contributed by atoms with Gasteiger partial charge in [-0.2, -0.15) is 0 Å². The van der Waals surface area contributed by atoms with Gasteiger partial charge in [-0.1, -0.05) is 27.7 Å². The Morgan fingerprint density at radius 1 is 1.16 bits per heavy atom. The molecule has 0 radical (unpaired) electrons. The number of nitrogens with one attached hydrogen (secondary N) is 1. The summed E-state index contributed by atoms with van der Waals surface area (Å²) in [6.07, 6.45) is 0.637. The predicted molar refractivity (Wildman–Crippen MR) is 77.5 cm³/mol. The number of nitrogens with zero attached hydrogens (tertiary/aromatic N) is 1. The van der Waals surface area contributed by atoms with E-state index in [1.807, 2.05) is 27.7 Å². The largest absolute Gasteiger partial charge is 0.347 e. The Bertz CT molecular complexity index is 301. The summed E-state index contributed by atoms with van der Waals surface area (Å²) in [7, 11) is 3.40. The van der Waals surface area contributed by atoms with Crippen molar-refractivity contribution >= 4 is 11.8 Å². The molecular weight excluding hydrogens is 242 g/mol. The Kier molecular flexibility index (Phi) is 7.68. The molecule has 0 aromatic heterocycles. The molecule has 0 saturated carbocycles. The zero-order chi connectivity index (χ0) is 15.2. The molecule has 0 rings (SSSR count). The van der Waals surface area contributed by atoms with E-state index in [2.05, 4.69) is 5.32 Å². The number of amides is 2. The van der Waals surface area contributed by atoms with E-state index in [9.17, 15) is 9.59 Å². The molecule has 19 heavy (non-hydrogen) atoms. The van der Waals surface area contributed by atoms with E-state index in [-0.39, 0.29) is 23.7 Å². The Balaban J connectivity index is 4.81. The van der Waals surface area contributed by atoms with E-state index in [0.29, 0.717) is 18.9 Å². The molecule has 2 amide bonds. The fourth-order valence-corrected chi connectivity index (χ4v) is 1.97. The van der Waals surface area contributed by atoms with Gasteiger partial charge < -0.3 is 16.0 Å². The van der Waals surface area contributed by atoms with Crippen LogP contribution in [-0.4, -0.2) is 43.4 Å². The number of likely N-dealkylation sites (N-methyl/N-ethyl adjacent to an activating group) is 1. The first-order valence-electron chi connectivity index (χ1n) is 6.92. The average Bonchev–Trinajstić information content (AvgIpc) is 2.26. The van der Waals surface area contributed by atoms with Gasteiger partial charge in [0.05, 0.1) is 5.92 Å². The number of hydrogen-bond donors (Lipinski definition) is 2. The second-order valence-electron chi connectivity index (χ2n) is 6.01. The summed E-state index contributed by atoms with van der Waals surface area (Å²) in [6.45, 7) is 8.29. The molecule has 5 nitrogen and oxygen atoms in total. The van der Waals surface area contributed by atoms with Crippen LogP contribution >= 0.6 is 0 Å². The topological polar surface area (TPSA) is 75.4 Å². The first kappa shape index (κ1) is 17.9. The van der Waals surface area contributed by atoms with Crippen LogP contribution in [-0.2, 0) is 9.59 Å². The van der Waals surface area contributed by atoms with Gasteiger partial charge in [0.25, 0.3) is 0 Å². The van der Waals surface area contributed by atoms with E-state index in [1.165, 1.54) is 4.90 Å². The molecule has 0 aromatic rings. The minimum Gasteiger partial charge on any atom is -0.347 e. The summed E-state index contributed by atoms with van der Waals surface area (Å²) in [5.74, 6) is 0.0632. The van der Waals surface area contributed by atoms with E-state index >= 15 is 0 Å². The lowest BCUT2D eigenvalue weighted by molar-refractivity contribution is -0.136. The van der Waals surface area contributed by atoms with Crippen LogP contribution in [0.4, 0.5) is 0 Å². The van der Waals surface area contributed by atoms with E-state index in [1.54, 1.807) is 14.1 Å². The van der Waals surface area contributed by atoms with E-state index < -0.39 is 6.04 Å². The molecule has 0 bridgehead atoms. The molecule has 0 aliphatic heterocycles. The van der Waals surface area contributed by atoms with Gasteiger partial charge in [0.1, 0.15) is 6.04 Å². The molecule has 0 aliphatic rings. The zero-order valence-corrected chi connectivity index (χ0v) is 13.1. The molecule has 5 heteroatoms. The quantitative estimate of drug-likeness (QED) is 0.720. The second-order valence-corrected chi connectivity index (χ2v) is 6.01. The number of nitrogens with two attached hydrogens (primary N) is 1. The summed E-state index contributed by atoms with van der Waals surface area (Å²) in [5, 5.41) is 2.85. The third-order valence-electron chi connectivity index (χ3n) is 3.16. The van der Waals surface area contributed by atoms with E-state index in [4.69, 9.17) is 5.73 Å². The van der Waals surface area contributed by atoms with Crippen molar-refractivity contribution in [2.75, 3.05) is 20.6 Å². The molecule has 0 aromatic carbocycles. The van der Waals surface area contributed by atoms with Crippen molar-refractivity contribution in [2.24, 2.45) is 23.5 Å². The van der Waals surface area contributed by atoms with Crippen molar-refractivity contribution in [3.05, 3.63) is 0 Å². The molecule has 2 atom stereocenters. The maximum Gasteiger partial charge on any atom is 0.244 e. The Morgan fingerprint density at radius 2 is 1.68 bits per heavy atom. The van der Waals surface area contributed by atoms with Gasteiger partial charge in [-0.25, -0.2) is 0 Å². The highest BCUT2D eigenvalue weighted by Crippen LogP contribution is 2.12. The standard InChI is InChI=1S/C14H29N3O2/c1-9(2)7-12(14(19)17(5)6)16-13(18)11(8-15)10(3)4/h9-12H,7-8,15H2,1-6H3,(H,16,18). The lowest BCUT2D eigenvalue weighted by Crippen LogP contribution is -2.50. The van der Waals surface area contributed by atoms with Crippen LogP contribution in [0.3, 0.4) is 0 Å². The third kappa shape index (κ3) is 6.05. The Labute approximate surface area is 116 Å². The van der Waals surface area contributed by atoms with Crippen LogP contribution in [0.2, 0.25) is 0 Å². The minimum atomic E-state index is -0.463. The van der Waals surface area contributed by atoms with Gasteiger partial charge in [0.2, 0.25) is 11.8 Å². The maximum atomic E-state index is 12.2. The summed E-state index contributed by atoms with van der Waals surface area (Å²) >= 11 is 0. The molecule has 3 N–H and O–H groups in total. The molecule has 112 valence electrons. The summed E-state index contributed by atoms with van der Waals surface area (Å²) in [4.78, 5) is 25.8. The summed E-state index contributed by atoms with van der Waals surface area (Å²) < 4.78 is 0. The van der Waals surface area contributed by atoms with Crippen LogP contribution in [0.15, 0.2) is 0 Å². The summed E-state index contributed by atoms with van der Waals surface area (Å²) in [5.41, 5.74) is 5.63. The Morgan fingerprint density at radius 3 is 2.00 bits per heavy atom. The lowest BCUT2D eigenvalue weighted by Gasteiger charge is -2.26. The highest BCUT2D eigenvalue weighted by atomic mass is 16.2. The van der Waals surface area contributed by atoms with Gasteiger partial charge in [-0.15, -0.1) is 0 Å². The molecule has 0 spiro atoms.